The minimum absolute atomic E-state index is 0.0693. The lowest BCUT2D eigenvalue weighted by Gasteiger charge is -2.32. The van der Waals surface area contributed by atoms with E-state index in [-0.39, 0.29) is 29.2 Å². The Kier molecular flexibility index (Phi) is 10.8. The summed E-state index contributed by atoms with van der Waals surface area (Å²) < 4.78 is 28.8. The van der Waals surface area contributed by atoms with E-state index < -0.39 is 28.5 Å². The van der Waals surface area contributed by atoms with Gasteiger partial charge in [0.05, 0.1) is 10.6 Å². The van der Waals surface area contributed by atoms with E-state index in [1.165, 1.54) is 17.0 Å². The highest BCUT2D eigenvalue weighted by atomic mass is 35.5. The van der Waals surface area contributed by atoms with Gasteiger partial charge in [0.25, 0.3) is 10.0 Å². The number of nitrogens with zero attached hydrogens (tertiary/aromatic N) is 2. The largest absolute Gasteiger partial charge is 0.354 e. The van der Waals surface area contributed by atoms with E-state index in [0.717, 1.165) is 15.4 Å². The fourth-order valence-electron chi connectivity index (χ4n) is 4.14. The van der Waals surface area contributed by atoms with Crippen LogP contribution in [-0.4, -0.2) is 44.3 Å². The van der Waals surface area contributed by atoms with Crippen LogP contribution in [0.3, 0.4) is 0 Å². The average molecular weight is 584 g/mol. The summed E-state index contributed by atoms with van der Waals surface area (Å²) in [5.41, 5.74) is 2.13. The van der Waals surface area contributed by atoms with Gasteiger partial charge in [-0.2, -0.15) is 0 Å². The topological polar surface area (TPSA) is 86.8 Å². The van der Waals surface area contributed by atoms with Crippen molar-refractivity contribution in [1.29, 1.82) is 0 Å². The summed E-state index contributed by atoms with van der Waals surface area (Å²) in [4.78, 5) is 28.5. The summed E-state index contributed by atoms with van der Waals surface area (Å²) >= 11 is 6.19. The summed E-state index contributed by atoms with van der Waals surface area (Å²) in [6.45, 7) is 9.77. The molecule has 1 atom stereocenters. The highest BCUT2D eigenvalue weighted by Gasteiger charge is 2.32. The quantitative estimate of drug-likeness (QED) is 0.290. The Morgan fingerprint density at radius 1 is 0.875 bits per heavy atom. The maximum absolute atomic E-state index is 14.0. The SMILES string of the molecule is CC(C)CNC(=O)C(C)N(Cc1cccc(Cl)c1)C(=O)CN(c1ccc(C(C)C)cc1)S(=O)(=O)c1ccccc1. The highest BCUT2D eigenvalue weighted by molar-refractivity contribution is 7.92. The zero-order valence-electron chi connectivity index (χ0n) is 23.7. The fraction of sp³-hybridized carbons (Fsp3) is 0.355. The maximum Gasteiger partial charge on any atom is 0.264 e. The number of carbonyl (C=O) groups is 2. The van der Waals surface area contributed by atoms with Crippen LogP contribution in [0.25, 0.3) is 0 Å². The molecule has 1 N–H and O–H groups in total. The predicted molar refractivity (Wildman–Crippen MR) is 161 cm³/mol. The zero-order valence-corrected chi connectivity index (χ0v) is 25.2. The molecular formula is C31H38ClN3O4S. The van der Waals surface area contributed by atoms with Gasteiger partial charge in [0.1, 0.15) is 12.6 Å². The zero-order chi connectivity index (χ0) is 29.4. The Morgan fingerprint density at radius 3 is 2.10 bits per heavy atom. The molecule has 0 radical (unpaired) electrons. The first-order chi connectivity index (χ1) is 18.9. The Labute approximate surface area is 243 Å². The van der Waals surface area contributed by atoms with Crippen molar-refractivity contribution >= 4 is 39.1 Å². The Morgan fingerprint density at radius 2 is 1.52 bits per heavy atom. The number of amides is 2. The Balaban J connectivity index is 2.01. The van der Waals surface area contributed by atoms with Crippen LogP contribution in [0, 0.1) is 5.92 Å². The molecule has 9 heteroatoms. The van der Waals surface area contributed by atoms with Gasteiger partial charge < -0.3 is 10.2 Å². The first-order valence-electron chi connectivity index (χ1n) is 13.4. The molecule has 0 aliphatic carbocycles. The maximum atomic E-state index is 14.0. The highest BCUT2D eigenvalue weighted by Crippen LogP contribution is 2.26. The number of sulfonamides is 1. The molecule has 0 fully saturated rings. The molecule has 0 spiro atoms. The van der Waals surface area contributed by atoms with Crippen LogP contribution in [0.4, 0.5) is 5.69 Å². The molecule has 40 heavy (non-hydrogen) atoms. The van der Waals surface area contributed by atoms with Gasteiger partial charge in [-0.3, -0.25) is 13.9 Å². The lowest BCUT2D eigenvalue weighted by molar-refractivity contribution is -0.139. The minimum Gasteiger partial charge on any atom is -0.354 e. The lowest BCUT2D eigenvalue weighted by atomic mass is 10.0. The van der Waals surface area contributed by atoms with Gasteiger partial charge in [-0.25, -0.2) is 8.42 Å². The van der Waals surface area contributed by atoms with Crippen LogP contribution < -0.4 is 9.62 Å². The van der Waals surface area contributed by atoms with E-state index in [0.29, 0.717) is 17.3 Å². The van der Waals surface area contributed by atoms with Crippen molar-refractivity contribution in [2.45, 2.75) is 58.0 Å². The Bertz CT molecular complexity index is 1390. The smallest absolute Gasteiger partial charge is 0.264 e. The summed E-state index contributed by atoms with van der Waals surface area (Å²) in [6, 6.07) is 21.4. The van der Waals surface area contributed by atoms with E-state index in [1.807, 2.05) is 32.0 Å². The third-order valence-electron chi connectivity index (χ3n) is 6.55. The normalized spacial score (nSPS) is 12.3. The molecule has 0 aliphatic heterocycles. The Hall–Kier alpha value is -3.36. The molecular weight excluding hydrogens is 546 g/mol. The molecule has 3 rings (SSSR count). The van der Waals surface area contributed by atoms with Crippen LogP contribution >= 0.6 is 11.6 Å². The van der Waals surface area contributed by atoms with Crippen LogP contribution in [0.2, 0.25) is 5.02 Å². The van der Waals surface area contributed by atoms with E-state index in [1.54, 1.807) is 55.5 Å². The van der Waals surface area contributed by atoms with Crippen molar-refractivity contribution in [2.75, 3.05) is 17.4 Å². The summed E-state index contributed by atoms with van der Waals surface area (Å²) in [6.07, 6.45) is 0. The summed E-state index contributed by atoms with van der Waals surface area (Å²) in [5, 5.41) is 3.38. The number of nitrogens with one attached hydrogen (secondary N) is 1. The van der Waals surface area contributed by atoms with Gasteiger partial charge in [0.2, 0.25) is 11.8 Å². The number of carbonyl (C=O) groups excluding carboxylic acids is 2. The van der Waals surface area contributed by atoms with Gasteiger partial charge >= 0.3 is 0 Å². The van der Waals surface area contributed by atoms with E-state index in [2.05, 4.69) is 19.2 Å². The number of hydrogen-bond acceptors (Lipinski definition) is 4. The number of hydrogen-bond donors (Lipinski definition) is 1. The second kappa shape index (κ2) is 13.8. The molecule has 2 amide bonds. The molecule has 0 saturated heterocycles. The van der Waals surface area contributed by atoms with Crippen LogP contribution in [0.1, 0.15) is 51.7 Å². The average Bonchev–Trinajstić information content (AvgIpc) is 2.93. The molecule has 0 heterocycles. The van der Waals surface area contributed by atoms with E-state index >= 15 is 0 Å². The summed E-state index contributed by atoms with van der Waals surface area (Å²) in [7, 11) is -4.10. The number of anilines is 1. The molecule has 3 aromatic carbocycles. The van der Waals surface area contributed by atoms with Crippen molar-refractivity contribution in [2.24, 2.45) is 5.92 Å². The minimum atomic E-state index is -4.10. The molecule has 7 nitrogen and oxygen atoms in total. The van der Waals surface area contributed by atoms with Crippen molar-refractivity contribution in [3.63, 3.8) is 0 Å². The van der Waals surface area contributed by atoms with E-state index in [4.69, 9.17) is 11.6 Å². The lowest BCUT2D eigenvalue weighted by Crippen LogP contribution is -2.51. The van der Waals surface area contributed by atoms with Crippen molar-refractivity contribution in [3.05, 3.63) is 95.0 Å². The van der Waals surface area contributed by atoms with Gasteiger partial charge in [0.15, 0.2) is 0 Å². The van der Waals surface area contributed by atoms with Crippen LogP contribution in [-0.2, 0) is 26.2 Å². The summed E-state index contributed by atoms with van der Waals surface area (Å²) in [5.74, 6) is -0.343. The first-order valence-corrected chi connectivity index (χ1v) is 15.2. The fourth-order valence-corrected chi connectivity index (χ4v) is 5.79. The van der Waals surface area contributed by atoms with Gasteiger partial charge in [-0.1, -0.05) is 81.8 Å². The second-order valence-electron chi connectivity index (χ2n) is 10.5. The molecule has 214 valence electrons. The van der Waals surface area contributed by atoms with Gasteiger partial charge in [0, 0.05) is 18.1 Å². The third-order valence-corrected chi connectivity index (χ3v) is 8.57. The molecule has 1 unspecified atom stereocenters. The van der Waals surface area contributed by atoms with Crippen molar-refractivity contribution in [3.8, 4) is 0 Å². The van der Waals surface area contributed by atoms with Crippen LogP contribution in [0.5, 0.6) is 0 Å². The van der Waals surface area contributed by atoms with Crippen LogP contribution in [0.15, 0.2) is 83.8 Å². The van der Waals surface area contributed by atoms with Gasteiger partial charge in [-0.05, 0) is 66.3 Å². The predicted octanol–water partition coefficient (Wildman–Crippen LogP) is 5.85. The standard InChI is InChI=1S/C31H38ClN3O4S/c1-22(2)19-33-31(37)24(5)34(20-25-10-9-11-27(32)18-25)30(36)21-35(28-16-14-26(15-17-28)23(3)4)40(38,39)29-12-7-6-8-13-29/h6-18,22-24H,19-21H2,1-5H3,(H,33,37). The first kappa shape index (κ1) is 31.2. The van der Waals surface area contributed by atoms with Crippen molar-refractivity contribution in [1.82, 2.24) is 10.2 Å². The number of halogens is 1. The second-order valence-corrected chi connectivity index (χ2v) is 12.8. The third kappa shape index (κ3) is 8.08. The molecule has 0 saturated carbocycles. The molecule has 0 aliphatic rings. The van der Waals surface area contributed by atoms with E-state index in [9.17, 15) is 18.0 Å². The molecule has 0 aromatic heterocycles. The van der Waals surface area contributed by atoms with Gasteiger partial charge in [-0.15, -0.1) is 0 Å². The number of rotatable bonds is 12. The molecule has 3 aromatic rings. The van der Waals surface area contributed by atoms with Crippen molar-refractivity contribution < 1.29 is 18.0 Å². The molecule has 0 bridgehead atoms. The number of benzene rings is 3. The monoisotopic (exact) mass is 583 g/mol.